The topological polar surface area (TPSA) is 99.9 Å². The van der Waals surface area contributed by atoms with Gasteiger partial charge >= 0.3 is 0 Å². The molecule has 1 unspecified atom stereocenters. The molecule has 1 fully saturated rings. The molecular weight excluding hydrogens is 370 g/mol. The average molecular weight is 395 g/mol. The molecule has 1 amide bonds. The lowest BCUT2D eigenvalue weighted by Gasteiger charge is -2.35. The summed E-state index contributed by atoms with van der Waals surface area (Å²) in [6.07, 6.45) is -0.591. The first-order valence-corrected chi connectivity index (χ1v) is 10.3. The van der Waals surface area contributed by atoms with Crippen molar-refractivity contribution in [3.63, 3.8) is 0 Å². The number of sulfonamides is 1. The van der Waals surface area contributed by atoms with Gasteiger partial charge in [-0.15, -0.1) is 0 Å². The first kappa shape index (κ1) is 21.3. The van der Waals surface area contributed by atoms with Crippen molar-refractivity contribution in [2.75, 3.05) is 46.0 Å². The van der Waals surface area contributed by atoms with Crippen molar-refractivity contribution in [2.24, 2.45) is 0 Å². The van der Waals surface area contributed by atoms with E-state index in [1.807, 2.05) is 13.0 Å². The molecule has 1 aromatic carbocycles. The lowest BCUT2D eigenvalue weighted by Crippen LogP contribution is -2.52. The number of carbonyl (C=O) groups excluding carboxylic acids is 1. The van der Waals surface area contributed by atoms with Gasteiger partial charge in [-0.2, -0.15) is 9.57 Å². The number of piperazine rings is 1. The number of nitrogens with zero attached hydrogens (tertiary/aromatic N) is 3. The van der Waals surface area contributed by atoms with Gasteiger partial charge in [0.05, 0.1) is 29.7 Å². The predicted octanol–water partition coefficient (Wildman–Crippen LogP) is 0.833. The van der Waals surface area contributed by atoms with Crippen molar-refractivity contribution >= 4 is 15.9 Å². The van der Waals surface area contributed by atoms with Crippen molar-refractivity contribution in [1.29, 1.82) is 5.26 Å². The van der Waals surface area contributed by atoms with Crippen LogP contribution in [0.25, 0.3) is 0 Å². The lowest BCUT2D eigenvalue weighted by atomic mass is 10.2. The number of hydrogen-bond acceptors (Lipinski definition) is 6. The van der Waals surface area contributed by atoms with E-state index < -0.39 is 16.1 Å². The highest BCUT2D eigenvalue weighted by Crippen LogP contribution is 2.18. The maximum Gasteiger partial charge on any atom is 0.251 e. The van der Waals surface area contributed by atoms with Crippen LogP contribution in [0.2, 0.25) is 0 Å². The fourth-order valence-corrected chi connectivity index (χ4v) is 4.18. The molecule has 0 bridgehead atoms. The summed E-state index contributed by atoms with van der Waals surface area (Å²) in [5, 5.41) is 8.82. The largest absolute Gasteiger partial charge is 0.379 e. The van der Waals surface area contributed by atoms with Gasteiger partial charge in [-0.05, 0) is 38.1 Å². The molecule has 1 aliphatic rings. The second-order valence-corrected chi connectivity index (χ2v) is 8.01. The SMILES string of the molecule is CCOCCOC(C)C(=O)N1CCN(S(=O)(=O)c2ccc(C#N)cc2)CC1. The summed E-state index contributed by atoms with van der Waals surface area (Å²) in [7, 11) is -3.64. The Morgan fingerprint density at radius 3 is 2.37 bits per heavy atom. The minimum absolute atomic E-state index is 0.147. The average Bonchev–Trinajstić information content (AvgIpc) is 2.70. The Morgan fingerprint density at radius 2 is 1.81 bits per heavy atom. The van der Waals surface area contributed by atoms with Gasteiger partial charge in [-0.25, -0.2) is 8.42 Å². The van der Waals surface area contributed by atoms with Crippen LogP contribution in [0.5, 0.6) is 0 Å². The monoisotopic (exact) mass is 395 g/mol. The molecule has 1 aromatic rings. The van der Waals surface area contributed by atoms with Crippen LogP contribution in [0.15, 0.2) is 29.2 Å². The number of ether oxygens (including phenoxy) is 2. The smallest absolute Gasteiger partial charge is 0.251 e. The molecule has 2 rings (SSSR count). The van der Waals surface area contributed by atoms with Crippen molar-refractivity contribution in [1.82, 2.24) is 9.21 Å². The van der Waals surface area contributed by atoms with Gasteiger partial charge < -0.3 is 14.4 Å². The van der Waals surface area contributed by atoms with E-state index in [0.717, 1.165) is 0 Å². The lowest BCUT2D eigenvalue weighted by molar-refractivity contribution is -0.144. The summed E-state index contributed by atoms with van der Waals surface area (Å²) < 4.78 is 37.4. The zero-order chi connectivity index (χ0) is 19.9. The first-order chi connectivity index (χ1) is 12.9. The molecule has 1 heterocycles. The molecule has 1 saturated heterocycles. The Labute approximate surface area is 160 Å². The Morgan fingerprint density at radius 1 is 1.19 bits per heavy atom. The summed E-state index contributed by atoms with van der Waals surface area (Å²) in [5.74, 6) is -0.151. The molecule has 148 valence electrons. The Balaban J connectivity index is 1.90. The standard InChI is InChI=1S/C18H25N3O5S/c1-3-25-12-13-26-15(2)18(22)20-8-10-21(11-9-20)27(23,24)17-6-4-16(14-19)5-7-17/h4-7,15H,3,8-13H2,1-2H3. The van der Waals surface area contributed by atoms with E-state index in [-0.39, 0.29) is 23.9 Å². The second kappa shape index (κ2) is 9.80. The van der Waals surface area contributed by atoms with Crippen molar-refractivity contribution in [2.45, 2.75) is 24.8 Å². The molecule has 0 radical (unpaired) electrons. The van der Waals surface area contributed by atoms with E-state index in [4.69, 9.17) is 14.7 Å². The van der Waals surface area contributed by atoms with E-state index in [0.29, 0.717) is 38.5 Å². The van der Waals surface area contributed by atoms with Crippen LogP contribution in [0.3, 0.4) is 0 Å². The van der Waals surface area contributed by atoms with Crippen molar-refractivity contribution < 1.29 is 22.7 Å². The van der Waals surface area contributed by atoms with Gasteiger partial charge in [-0.3, -0.25) is 4.79 Å². The zero-order valence-corrected chi connectivity index (χ0v) is 16.4. The van der Waals surface area contributed by atoms with Gasteiger partial charge in [0.15, 0.2) is 0 Å². The minimum atomic E-state index is -3.64. The highest BCUT2D eigenvalue weighted by Gasteiger charge is 2.31. The van der Waals surface area contributed by atoms with Gasteiger partial charge in [0.1, 0.15) is 6.10 Å². The maximum atomic E-state index is 12.7. The normalized spacial score (nSPS) is 16.7. The molecule has 9 heteroatoms. The first-order valence-electron chi connectivity index (χ1n) is 8.88. The third-order valence-electron chi connectivity index (χ3n) is 4.32. The van der Waals surface area contributed by atoms with Gasteiger partial charge in [0.2, 0.25) is 10.0 Å². The van der Waals surface area contributed by atoms with E-state index in [9.17, 15) is 13.2 Å². The molecule has 0 saturated carbocycles. The van der Waals surface area contributed by atoms with Crippen LogP contribution < -0.4 is 0 Å². The van der Waals surface area contributed by atoms with Crippen LogP contribution in [0.4, 0.5) is 0 Å². The molecule has 0 aromatic heterocycles. The quantitative estimate of drug-likeness (QED) is 0.605. The number of rotatable bonds is 8. The minimum Gasteiger partial charge on any atom is -0.379 e. The highest BCUT2D eigenvalue weighted by atomic mass is 32.2. The fraction of sp³-hybridized carbons (Fsp3) is 0.556. The number of carbonyl (C=O) groups is 1. The van der Waals surface area contributed by atoms with Crippen LogP contribution in [0.1, 0.15) is 19.4 Å². The molecule has 8 nitrogen and oxygen atoms in total. The maximum absolute atomic E-state index is 12.7. The van der Waals surface area contributed by atoms with Crippen LogP contribution >= 0.6 is 0 Å². The van der Waals surface area contributed by atoms with E-state index >= 15 is 0 Å². The number of nitriles is 1. The fourth-order valence-electron chi connectivity index (χ4n) is 2.76. The number of amides is 1. The van der Waals surface area contributed by atoms with Gasteiger partial charge in [0.25, 0.3) is 5.91 Å². The van der Waals surface area contributed by atoms with Gasteiger partial charge in [-0.1, -0.05) is 0 Å². The van der Waals surface area contributed by atoms with E-state index in [1.54, 1.807) is 11.8 Å². The van der Waals surface area contributed by atoms with Crippen LogP contribution in [-0.4, -0.2) is 75.6 Å². The molecule has 0 N–H and O–H groups in total. The van der Waals surface area contributed by atoms with Crippen molar-refractivity contribution in [3.8, 4) is 6.07 Å². The summed E-state index contributed by atoms with van der Waals surface area (Å²) >= 11 is 0. The molecule has 1 aliphatic heterocycles. The second-order valence-electron chi connectivity index (χ2n) is 6.08. The molecule has 0 aliphatic carbocycles. The molecule has 27 heavy (non-hydrogen) atoms. The van der Waals surface area contributed by atoms with E-state index in [2.05, 4.69) is 0 Å². The predicted molar refractivity (Wildman–Crippen MR) is 98.4 cm³/mol. The Bertz CT molecular complexity index is 765. The molecular formula is C18H25N3O5S. The molecule has 1 atom stereocenters. The third-order valence-corrected chi connectivity index (χ3v) is 6.23. The summed E-state index contributed by atoms with van der Waals surface area (Å²) in [6, 6.07) is 7.78. The van der Waals surface area contributed by atoms with Crippen LogP contribution in [0, 0.1) is 11.3 Å². The number of hydrogen-bond donors (Lipinski definition) is 0. The van der Waals surface area contributed by atoms with Crippen LogP contribution in [-0.2, 0) is 24.3 Å². The summed E-state index contributed by atoms with van der Waals surface area (Å²) in [5.41, 5.74) is 0.405. The Kier molecular flexibility index (Phi) is 7.74. The zero-order valence-electron chi connectivity index (χ0n) is 15.6. The highest BCUT2D eigenvalue weighted by molar-refractivity contribution is 7.89. The van der Waals surface area contributed by atoms with Gasteiger partial charge in [0, 0.05) is 32.8 Å². The van der Waals surface area contributed by atoms with Crippen molar-refractivity contribution in [3.05, 3.63) is 29.8 Å². The summed E-state index contributed by atoms with van der Waals surface area (Å²) in [4.78, 5) is 14.2. The number of benzene rings is 1. The molecule has 0 spiro atoms. The Hall–Kier alpha value is -1.99. The summed E-state index contributed by atoms with van der Waals surface area (Å²) in [6.45, 7) is 6.02. The van der Waals surface area contributed by atoms with E-state index in [1.165, 1.54) is 28.6 Å². The third kappa shape index (κ3) is 5.49.